The molecule has 1 unspecified atom stereocenters. The van der Waals surface area contributed by atoms with Crippen molar-refractivity contribution in [2.45, 2.75) is 58.7 Å². The lowest BCUT2D eigenvalue weighted by Crippen LogP contribution is -2.40. The topological polar surface area (TPSA) is 72.0 Å². The Bertz CT molecular complexity index is 350. The molecule has 0 bridgehead atoms. The zero-order valence-corrected chi connectivity index (χ0v) is 13.7. The van der Waals surface area contributed by atoms with Gasteiger partial charge in [-0.1, -0.05) is 0 Å². The van der Waals surface area contributed by atoms with Crippen LogP contribution in [0.1, 0.15) is 47.0 Å². The molecular weight excluding hydrogens is 270 g/mol. The van der Waals surface area contributed by atoms with Crippen LogP contribution in [-0.4, -0.2) is 49.9 Å². The fourth-order valence-electron chi connectivity index (χ4n) is 2.15. The van der Waals surface area contributed by atoms with Gasteiger partial charge in [-0.05, 0) is 40.5 Å². The zero-order chi connectivity index (χ0) is 15.7. The van der Waals surface area contributed by atoms with Crippen LogP contribution in [0.4, 0.5) is 0 Å². The summed E-state index contributed by atoms with van der Waals surface area (Å²) in [5.41, 5.74) is -0.154. The van der Waals surface area contributed by atoms with Gasteiger partial charge in [-0.15, -0.1) is 0 Å². The minimum absolute atomic E-state index is 0.0705. The molecule has 0 aromatic rings. The molecule has 0 saturated carbocycles. The third kappa shape index (κ3) is 7.32. The van der Waals surface area contributed by atoms with E-state index in [1.54, 1.807) is 0 Å². The van der Waals surface area contributed by atoms with E-state index in [9.17, 15) is 4.79 Å². The third-order valence-electron chi connectivity index (χ3n) is 3.21. The van der Waals surface area contributed by atoms with E-state index in [1.807, 2.05) is 20.8 Å². The SMILES string of the molecule is CCNC(=NCC1(C)CCCO1)NCCC(=O)OC(C)C. The Morgan fingerprint density at radius 2 is 2.19 bits per heavy atom. The Morgan fingerprint density at radius 3 is 2.76 bits per heavy atom. The number of carbonyl (C=O) groups is 1. The summed E-state index contributed by atoms with van der Waals surface area (Å²) in [6.07, 6.45) is 2.39. The zero-order valence-electron chi connectivity index (χ0n) is 13.7. The van der Waals surface area contributed by atoms with Crippen molar-refractivity contribution >= 4 is 11.9 Å². The molecule has 6 nitrogen and oxygen atoms in total. The first-order valence-corrected chi connectivity index (χ1v) is 7.81. The normalized spacial score (nSPS) is 22.4. The number of rotatable bonds is 7. The van der Waals surface area contributed by atoms with Crippen LogP contribution in [0, 0.1) is 0 Å². The van der Waals surface area contributed by atoms with Gasteiger partial charge < -0.3 is 20.1 Å². The smallest absolute Gasteiger partial charge is 0.307 e. The molecule has 2 N–H and O–H groups in total. The van der Waals surface area contributed by atoms with E-state index in [4.69, 9.17) is 9.47 Å². The van der Waals surface area contributed by atoms with E-state index in [2.05, 4.69) is 22.5 Å². The Balaban J connectivity index is 2.36. The van der Waals surface area contributed by atoms with Crippen LogP contribution in [0.25, 0.3) is 0 Å². The van der Waals surface area contributed by atoms with Gasteiger partial charge in [0.2, 0.25) is 0 Å². The lowest BCUT2D eigenvalue weighted by Gasteiger charge is -2.21. The maximum Gasteiger partial charge on any atom is 0.307 e. The molecule has 6 heteroatoms. The number of esters is 1. The van der Waals surface area contributed by atoms with Gasteiger partial charge in [0.25, 0.3) is 0 Å². The van der Waals surface area contributed by atoms with Crippen molar-refractivity contribution in [1.82, 2.24) is 10.6 Å². The molecule has 1 heterocycles. The summed E-state index contributed by atoms with van der Waals surface area (Å²) < 4.78 is 10.8. The van der Waals surface area contributed by atoms with E-state index in [0.29, 0.717) is 25.5 Å². The third-order valence-corrected chi connectivity index (χ3v) is 3.21. The quantitative estimate of drug-likeness (QED) is 0.423. The lowest BCUT2D eigenvalue weighted by molar-refractivity contribution is -0.147. The second-order valence-corrected chi connectivity index (χ2v) is 5.81. The van der Waals surface area contributed by atoms with Crippen LogP contribution in [0.2, 0.25) is 0 Å². The van der Waals surface area contributed by atoms with E-state index in [-0.39, 0.29) is 17.7 Å². The Kier molecular flexibility index (Phi) is 7.50. The van der Waals surface area contributed by atoms with E-state index in [0.717, 1.165) is 26.0 Å². The Morgan fingerprint density at radius 1 is 1.43 bits per heavy atom. The first-order chi connectivity index (χ1) is 9.95. The predicted octanol–water partition coefficient (Wildman–Crippen LogP) is 1.45. The highest BCUT2D eigenvalue weighted by atomic mass is 16.5. The molecular formula is C15H29N3O3. The van der Waals surface area contributed by atoms with Crippen molar-refractivity contribution in [3.05, 3.63) is 0 Å². The van der Waals surface area contributed by atoms with Gasteiger partial charge in [0.05, 0.1) is 24.7 Å². The van der Waals surface area contributed by atoms with Gasteiger partial charge >= 0.3 is 5.97 Å². The van der Waals surface area contributed by atoms with Crippen molar-refractivity contribution in [3.63, 3.8) is 0 Å². The molecule has 21 heavy (non-hydrogen) atoms. The molecule has 1 atom stereocenters. The monoisotopic (exact) mass is 299 g/mol. The number of carbonyl (C=O) groups excluding carboxylic acids is 1. The number of guanidine groups is 1. The lowest BCUT2D eigenvalue weighted by atomic mass is 10.0. The van der Waals surface area contributed by atoms with Gasteiger partial charge in [-0.3, -0.25) is 9.79 Å². The van der Waals surface area contributed by atoms with Crippen molar-refractivity contribution in [1.29, 1.82) is 0 Å². The van der Waals surface area contributed by atoms with Gasteiger partial charge in [0, 0.05) is 19.7 Å². The van der Waals surface area contributed by atoms with Crippen LogP contribution < -0.4 is 10.6 Å². The molecule has 0 aliphatic carbocycles. The first-order valence-electron chi connectivity index (χ1n) is 7.81. The predicted molar refractivity (Wildman–Crippen MR) is 83.4 cm³/mol. The van der Waals surface area contributed by atoms with Crippen molar-refractivity contribution in [2.24, 2.45) is 4.99 Å². The first kappa shape index (κ1) is 17.8. The maximum atomic E-state index is 11.5. The average molecular weight is 299 g/mol. The molecule has 0 amide bonds. The number of ether oxygens (including phenoxy) is 2. The summed E-state index contributed by atoms with van der Waals surface area (Å²) in [7, 11) is 0. The van der Waals surface area contributed by atoms with Crippen LogP contribution in [0.3, 0.4) is 0 Å². The molecule has 1 fully saturated rings. The van der Waals surface area contributed by atoms with Gasteiger partial charge in [-0.25, -0.2) is 0 Å². The number of nitrogens with zero attached hydrogens (tertiary/aromatic N) is 1. The largest absolute Gasteiger partial charge is 0.463 e. The number of hydrogen-bond donors (Lipinski definition) is 2. The van der Waals surface area contributed by atoms with Gasteiger partial charge in [0.1, 0.15) is 0 Å². The molecule has 122 valence electrons. The van der Waals surface area contributed by atoms with Crippen molar-refractivity contribution in [2.75, 3.05) is 26.2 Å². The number of nitrogens with one attached hydrogen (secondary N) is 2. The Hall–Kier alpha value is -1.30. The van der Waals surface area contributed by atoms with Crippen LogP contribution in [0.5, 0.6) is 0 Å². The molecule has 1 aliphatic heterocycles. The number of hydrogen-bond acceptors (Lipinski definition) is 4. The molecule has 0 spiro atoms. The van der Waals surface area contributed by atoms with E-state index >= 15 is 0 Å². The minimum Gasteiger partial charge on any atom is -0.463 e. The highest BCUT2D eigenvalue weighted by Gasteiger charge is 2.29. The fourth-order valence-corrected chi connectivity index (χ4v) is 2.15. The summed E-state index contributed by atoms with van der Waals surface area (Å²) in [6, 6.07) is 0. The van der Waals surface area contributed by atoms with Gasteiger partial charge in [-0.2, -0.15) is 0 Å². The second kappa shape index (κ2) is 8.87. The molecule has 0 aromatic carbocycles. The van der Waals surface area contributed by atoms with Gasteiger partial charge in [0.15, 0.2) is 5.96 Å². The van der Waals surface area contributed by atoms with E-state index in [1.165, 1.54) is 0 Å². The summed E-state index contributed by atoms with van der Waals surface area (Å²) in [5, 5.41) is 6.32. The summed E-state index contributed by atoms with van der Waals surface area (Å²) in [5.74, 6) is 0.519. The standard InChI is InChI=1S/C15H29N3O3/c1-5-16-14(17-9-7-13(19)21-12(2)3)18-11-15(4)8-6-10-20-15/h12H,5-11H2,1-4H3,(H2,16,17,18). The van der Waals surface area contributed by atoms with Crippen molar-refractivity contribution < 1.29 is 14.3 Å². The molecule has 1 rings (SSSR count). The van der Waals surface area contributed by atoms with Crippen LogP contribution >= 0.6 is 0 Å². The van der Waals surface area contributed by atoms with Crippen molar-refractivity contribution in [3.8, 4) is 0 Å². The minimum atomic E-state index is -0.195. The fraction of sp³-hybridized carbons (Fsp3) is 0.867. The highest BCUT2D eigenvalue weighted by Crippen LogP contribution is 2.24. The highest BCUT2D eigenvalue weighted by molar-refractivity contribution is 5.80. The molecule has 0 aromatic heterocycles. The van der Waals surface area contributed by atoms with Crippen LogP contribution in [-0.2, 0) is 14.3 Å². The summed E-state index contributed by atoms with van der Waals surface area (Å²) in [6.45, 7) is 10.5. The average Bonchev–Trinajstić information content (AvgIpc) is 2.82. The summed E-state index contributed by atoms with van der Waals surface area (Å²) in [4.78, 5) is 16.0. The molecule has 0 radical (unpaired) electrons. The summed E-state index contributed by atoms with van der Waals surface area (Å²) >= 11 is 0. The molecule has 1 aliphatic rings. The Labute approximate surface area is 127 Å². The second-order valence-electron chi connectivity index (χ2n) is 5.81. The molecule has 1 saturated heterocycles. The van der Waals surface area contributed by atoms with E-state index < -0.39 is 0 Å². The number of aliphatic imine (C=N–C) groups is 1. The van der Waals surface area contributed by atoms with Crippen LogP contribution in [0.15, 0.2) is 4.99 Å². The maximum absolute atomic E-state index is 11.5.